The van der Waals surface area contributed by atoms with Crippen molar-refractivity contribution in [2.24, 2.45) is 0 Å². The molecule has 0 unspecified atom stereocenters. The van der Waals surface area contributed by atoms with Gasteiger partial charge in [0.2, 0.25) is 0 Å². The average Bonchev–Trinajstić information content (AvgIpc) is 2.20. The van der Waals surface area contributed by atoms with Crippen molar-refractivity contribution in [1.82, 2.24) is 0 Å². The zero-order chi connectivity index (χ0) is 10.8. The van der Waals surface area contributed by atoms with E-state index in [1.807, 2.05) is 0 Å². The number of nitrogens with one attached hydrogen (secondary N) is 1. The fourth-order valence-corrected chi connectivity index (χ4v) is 2.09. The van der Waals surface area contributed by atoms with Crippen LogP contribution in [0.5, 0.6) is 0 Å². The van der Waals surface area contributed by atoms with Crippen LogP contribution < -0.4 is 4.90 Å². The second kappa shape index (κ2) is 4.19. The van der Waals surface area contributed by atoms with Crippen LogP contribution in [0, 0.1) is 11.2 Å². The Morgan fingerprint density at radius 3 is 2.80 bits per heavy atom. The Morgan fingerprint density at radius 1 is 1.33 bits per heavy atom. The standard InChI is InChI=1S/C11H12ClFN2/c12-8-4-3-5-9(13)11(8)15-7-2-1-6-10(15)14/h3-5,14H,1-2,6-7H2. The zero-order valence-electron chi connectivity index (χ0n) is 8.26. The Morgan fingerprint density at radius 2 is 2.13 bits per heavy atom. The Bertz CT molecular complexity index is 372. The van der Waals surface area contributed by atoms with Crippen LogP contribution in [0.1, 0.15) is 19.3 Å². The highest BCUT2D eigenvalue weighted by Crippen LogP contribution is 2.31. The number of anilines is 1. The fourth-order valence-electron chi connectivity index (χ4n) is 1.83. The van der Waals surface area contributed by atoms with Gasteiger partial charge in [-0.15, -0.1) is 0 Å². The van der Waals surface area contributed by atoms with Crippen LogP contribution in [0.3, 0.4) is 0 Å². The third-order valence-electron chi connectivity index (χ3n) is 2.58. The van der Waals surface area contributed by atoms with Crippen LogP contribution in [0.2, 0.25) is 5.02 Å². The molecule has 1 saturated heterocycles. The van der Waals surface area contributed by atoms with E-state index >= 15 is 0 Å². The molecule has 0 radical (unpaired) electrons. The van der Waals surface area contributed by atoms with Crippen LogP contribution in [0.25, 0.3) is 0 Å². The van der Waals surface area contributed by atoms with Crippen molar-refractivity contribution >= 4 is 23.1 Å². The van der Waals surface area contributed by atoms with E-state index in [0.29, 0.717) is 29.5 Å². The summed E-state index contributed by atoms with van der Waals surface area (Å²) in [5.74, 6) is 0.0994. The second-order valence-electron chi connectivity index (χ2n) is 3.63. The number of hydrogen-bond donors (Lipinski definition) is 1. The lowest BCUT2D eigenvalue weighted by molar-refractivity contribution is 0.617. The van der Waals surface area contributed by atoms with Gasteiger partial charge >= 0.3 is 0 Å². The highest BCUT2D eigenvalue weighted by Gasteiger charge is 2.21. The molecule has 0 aliphatic carbocycles. The van der Waals surface area contributed by atoms with Crippen LogP contribution in [0.15, 0.2) is 18.2 Å². The number of amidine groups is 1. The molecule has 1 aromatic carbocycles. The molecule has 0 aromatic heterocycles. The largest absolute Gasteiger partial charge is 0.327 e. The molecule has 1 aromatic rings. The van der Waals surface area contributed by atoms with Crippen molar-refractivity contribution < 1.29 is 4.39 Å². The smallest absolute Gasteiger partial charge is 0.148 e. The minimum Gasteiger partial charge on any atom is -0.327 e. The number of para-hydroxylation sites is 1. The molecule has 80 valence electrons. The lowest BCUT2D eigenvalue weighted by Gasteiger charge is -2.30. The Hall–Kier alpha value is -1.09. The van der Waals surface area contributed by atoms with Gasteiger partial charge in [0.15, 0.2) is 0 Å². The van der Waals surface area contributed by atoms with Gasteiger partial charge in [0.05, 0.1) is 10.7 Å². The van der Waals surface area contributed by atoms with E-state index in [-0.39, 0.29) is 5.82 Å². The minimum absolute atomic E-state index is 0.351. The summed E-state index contributed by atoms with van der Waals surface area (Å²) in [5.41, 5.74) is 0.351. The van der Waals surface area contributed by atoms with Gasteiger partial charge in [-0.2, -0.15) is 0 Å². The maximum absolute atomic E-state index is 13.6. The third kappa shape index (κ3) is 1.97. The second-order valence-corrected chi connectivity index (χ2v) is 4.03. The van der Waals surface area contributed by atoms with Crippen molar-refractivity contribution in [3.05, 3.63) is 29.0 Å². The average molecular weight is 227 g/mol. The predicted octanol–water partition coefficient (Wildman–Crippen LogP) is 3.45. The Labute approximate surface area is 93.2 Å². The summed E-state index contributed by atoms with van der Waals surface area (Å²) in [6.07, 6.45) is 2.68. The van der Waals surface area contributed by atoms with E-state index in [4.69, 9.17) is 17.0 Å². The van der Waals surface area contributed by atoms with Crippen molar-refractivity contribution in [3.63, 3.8) is 0 Å². The molecule has 2 rings (SSSR count). The maximum Gasteiger partial charge on any atom is 0.148 e. The number of hydrogen-bond acceptors (Lipinski definition) is 1. The number of piperidine rings is 1. The van der Waals surface area contributed by atoms with E-state index < -0.39 is 0 Å². The van der Waals surface area contributed by atoms with Crippen LogP contribution in [-0.2, 0) is 0 Å². The number of halogens is 2. The first-order valence-corrected chi connectivity index (χ1v) is 5.37. The summed E-state index contributed by atoms with van der Waals surface area (Å²) in [6, 6.07) is 4.61. The normalized spacial score (nSPS) is 16.9. The highest BCUT2D eigenvalue weighted by molar-refractivity contribution is 6.33. The molecule has 1 N–H and O–H groups in total. The molecule has 0 bridgehead atoms. The molecule has 0 spiro atoms. The van der Waals surface area contributed by atoms with Gasteiger partial charge in [-0.3, -0.25) is 5.41 Å². The molecule has 1 aliphatic heterocycles. The molecule has 0 amide bonds. The van der Waals surface area contributed by atoms with Crippen LogP contribution in [-0.4, -0.2) is 12.4 Å². The SMILES string of the molecule is N=C1CCCCN1c1c(F)cccc1Cl. The van der Waals surface area contributed by atoms with Crippen molar-refractivity contribution in [1.29, 1.82) is 5.41 Å². The van der Waals surface area contributed by atoms with Crippen molar-refractivity contribution in [3.8, 4) is 0 Å². The first-order chi connectivity index (χ1) is 7.20. The molecule has 15 heavy (non-hydrogen) atoms. The van der Waals surface area contributed by atoms with Crippen LogP contribution in [0.4, 0.5) is 10.1 Å². The van der Waals surface area contributed by atoms with E-state index in [2.05, 4.69) is 0 Å². The predicted molar refractivity (Wildman–Crippen MR) is 60.3 cm³/mol. The lowest BCUT2D eigenvalue weighted by atomic mass is 10.1. The van der Waals surface area contributed by atoms with Gasteiger partial charge in [-0.05, 0) is 25.0 Å². The minimum atomic E-state index is -0.353. The molecule has 4 heteroatoms. The molecule has 0 atom stereocenters. The first kappa shape index (κ1) is 10.4. The Balaban J connectivity index is 2.39. The zero-order valence-corrected chi connectivity index (χ0v) is 9.02. The quantitative estimate of drug-likeness (QED) is 0.780. The summed E-state index contributed by atoms with van der Waals surface area (Å²) in [7, 11) is 0. The summed E-state index contributed by atoms with van der Waals surface area (Å²) in [5, 5.41) is 8.15. The van der Waals surface area contributed by atoms with Gasteiger partial charge in [0.1, 0.15) is 11.7 Å². The fraction of sp³-hybridized carbons (Fsp3) is 0.364. The molecular formula is C11H12ClFN2. The third-order valence-corrected chi connectivity index (χ3v) is 2.88. The Kier molecular flexibility index (Phi) is 2.91. The van der Waals surface area contributed by atoms with Crippen molar-refractivity contribution in [2.45, 2.75) is 19.3 Å². The summed E-state index contributed by atoms with van der Waals surface area (Å²) in [4.78, 5) is 1.67. The molecule has 0 saturated carbocycles. The number of nitrogens with zero attached hydrogens (tertiary/aromatic N) is 1. The van der Waals surface area contributed by atoms with E-state index in [9.17, 15) is 4.39 Å². The molecule has 1 aliphatic rings. The maximum atomic E-state index is 13.6. The lowest BCUT2D eigenvalue weighted by Crippen LogP contribution is -2.35. The first-order valence-electron chi connectivity index (χ1n) is 4.99. The van der Waals surface area contributed by atoms with E-state index in [0.717, 1.165) is 12.8 Å². The van der Waals surface area contributed by atoms with Gasteiger partial charge in [0.25, 0.3) is 0 Å². The molecule has 1 fully saturated rings. The highest BCUT2D eigenvalue weighted by atomic mass is 35.5. The summed E-state index contributed by atoms with van der Waals surface area (Å²) >= 11 is 5.95. The topological polar surface area (TPSA) is 27.1 Å². The van der Waals surface area contributed by atoms with Gasteiger partial charge < -0.3 is 4.90 Å². The number of rotatable bonds is 1. The van der Waals surface area contributed by atoms with Crippen LogP contribution >= 0.6 is 11.6 Å². The van der Waals surface area contributed by atoms with Crippen molar-refractivity contribution in [2.75, 3.05) is 11.4 Å². The van der Waals surface area contributed by atoms with Gasteiger partial charge in [-0.25, -0.2) is 4.39 Å². The van der Waals surface area contributed by atoms with Gasteiger partial charge in [0, 0.05) is 13.0 Å². The van der Waals surface area contributed by atoms with E-state index in [1.54, 1.807) is 17.0 Å². The molecule has 2 nitrogen and oxygen atoms in total. The molecular weight excluding hydrogens is 215 g/mol. The monoisotopic (exact) mass is 226 g/mol. The molecule has 1 heterocycles. The van der Waals surface area contributed by atoms with E-state index in [1.165, 1.54) is 6.07 Å². The van der Waals surface area contributed by atoms with Gasteiger partial charge in [-0.1, -0.05) is 17.7 Å². The summed E-state index contributed by atoms with van der Waals surface area (Å²) < 4.78 is 13.6. The number of benzene rings is 1. The summed E-state index contributed by atoms with van der Waals surface area (Å²) in [6.45, 7) is 0.680.